The lowest BCUT2D eigenvalue weighted by atomic mass is 9.73. The van der Waals surface area contributed by atoms with Gasteiger partial charge in [0.2, 0.25) is 5.91 Å². The van der Waals surface area contributed by atoms with Gasteiger partial charge in [0.1, 0.15) is 29.5 Å². The molecule has 1 saturated carbocycles. The predicted octanol–water partition coefficient (Wildman–Crippen LogP) is 6.11. The minimum absolute atomic E-state index is 0.00942. The molecule has 3 N–H and O–H groups in total. The normalized spacial score (nSPS) is 24.3. The average molecular weight is 863 g/mol. The summed E-state index contributed by atoms with van der Waals surface area (Å²) in [6, 6.07) is 12.8. The van der Waals surface area contributed by atoms with E-state index in [0.717, 1.165) is 44.5 Å². The van der Waals surface area contributed by atoms with E-state index < -0.39 is 46.9 Å². The number of aryl methyl sites for hydroxylation is 1. The molecule has 4 aromatic rings. The summed E-state index contributed by atoms with van der Waals surface area (Å²) in [5.41, 5.74) is 8.79. The van der Waals surface area contributed by atoms with Crippen LogP contribution in [0.4, 0.5) is 0 Å². The van der Waals surface area contributed by atoms with Crippen LogP contribution in [0.5, 0.6) is 5.75 Å². The Kier molecular flexibility index (Phi) is 12.2. The van der Waals surface area contributed by atoms with Crippen molar-refractivity contribution in [2.75, 3.05) is 33.9 Å². The summed E-state index contributed by atoms with van der Waals surface area (Å²) in [4.78, 5) is 63.1. The highest BCUT2D eigenvalue weighted by molar-refractivity contribution is 5.96. The Balaban J connectivity index is 1.22. The van der Waals surface area contributed by atoms with E-state index in [2.05, 4.69) is 54.3 Å². The number of carbonyl (C=O) groups is 4. The predicted molar refractivity (Wildman–Crippen MR) is 238 cm³/mol. The number of nitrogens with one attached hydrogen (secondary N) is 2. The minimum Gasteiger partial charge on any atom is -0.508 e. The first-order chi connectivity index (χ1) is 30.0. The number of aromatic hydroxyl groups is 1. The zero-order valence-corrected chi connectivity index (χ0v) is 37.8. The van der Waals surface area contributed by atoms with Crippen molar-refractivity contribution in [1.29, 1.82) is 0 Å². The summed E-state index contributed by atoms with van der Waals surface area (Å²) in [6.45, 7) is 13.7. The highest BCUT2D eigenvalue weighted by atomic mass is 16.5. The molecule has 8 bridgehead atoms. The Hall–Kier alpha value is -5.31. The molecule has 2 aromatic heterocycles. The van der Waals surface area contributed by atoms with Gasteiger partial charge in [-0.05, 0) is 116 Å². The van der Waals surface area contributed by atoms with E-state index in [-0.39, 0.29) is 36.7 Å². The zero-order chi connectivity index (χ0) is 45.0. The lowest BCUT2D eigenvalue weighted by molar-refractivity contribution is -0.160. The quantitative estimate of drug-likeness (QED) is 0.167. The van der Waals surface area contributed by atoms with Crippen LogP contribution in [-0.2, 0) is 52.8 Å². The van der Waals surface area contributed by atoms with Crippen molar-refractivity contribution in [2.24, 2.45) is 17.3 Å². The Labute approximate surface area is 369 Å². The van der Waals surface area contributed by atoms with Gasteiger partial charge in [0.25, 0.3) is 11.8 Å². The number of cyclic esters (lactones) is 1. The maximum absolute atomic E-state index is 14.7. The Morgan fingerprint density at radius 2 is 1.87 bits per heavy atom. The second-order valence-corrected chi connectivity index (χ2v) is 19.2. The van der Waals surface area contributed by atoms with Crippen LogP contribution in [0.15, 0.2) is 54.7 Å². The summed E-state index contributed by atoms with van der Waals surface area (Å²) in [7, 11) is 3.31. The largest absolute Gasteiger partial charge is 0.508 e. The molecule has 0 radical (unpaired) electrons. The molecule has 6 heterocycles. The fourth-order valence-corrected chi connectivity index (χ4v) is 10.3. The van der Waals surface area contributed by atoms with Crippen LogP contribution in [0.25, 0.3) is 33.3 Å². The van der Waals surface area contributed by atoms with Gasteiger partial charge < -0.3 is 34.1 Å². The van der Waals surface area contributed by atoms with Crippen molar-refractivity contribution in [3.05, 3.63) is 71.5 Å². The number of aromatic nitrogens is 2. The van der Waals surface area contributed by atoms with Gasteiger partial charge in [0, 0.05) is 61.7 Å². The van der Waals surface area contributed by atoms with Crippen molar-refractivity contribution in [3.63, 3.8) is 0 Å². The van der Waals surface area contributed by atoms with E-state index >= 15 is 0 Å². The number of phenols is 1. The second kappa shape index (κ2) is 17.3. The van der Waals surface area contributed by atoms with Crippen LogP contribution in [-0.4, -0.2) is 106 Å². The Morgan fingerprint density at radius 3 is 2.57 bits per heavy atom. The van der Waals surface area contributed by atoms with Crippen LogP contribution in [0.1, 0.15) is 90.2 Å². The number of nitrogens with zero attached hydrogens (tertiary/aromatic N) is 4. The number of fused-ring (bicyclic) bond motifs is 7. The molecule has 4 atom stereocenters. The number of likely N-dealkylation sites (N-methyl/N-ethyl adjacent to an activating group) is 1. The number of phenolic OH excluding ortho intramolecular Hbond substituents is 1. The van der Waals surface area contributed by atoms with Gasteiger partial charge in [-0.15, -0.1) is 0 Å². The summed E-state index contributed by atoms with van der Waals surface area (Å²) in [5, 5.41) is 16.7. The molecule has 14 heteroatoms. The van der Waals surface area contributed by atoms with Crippen LogP contribution in [0.3, 0.4) is 0 Å². The van der Waals surface area contributed by atoms with Gasteiger partial charge >= 0.3 is 5.97 Å². The van der Waals surface area contributed by atoms with E-state index in [9.17, 15) is 24.3 Å². The van der Waals surface area contributed by atoms with Crippen LogP contribution >= 0.6 is 0 Å². The van der Waals surface area contributed by atoms with E-state index in [4.69, 9.17) is 19.2 Å². The molecule has 336 valence electrons. The molecule has 1 aliphatic carbocycles. The number of ether oxygens (including phenoxy) is 3. The van der Waals surface area contributed by atoms with Gasteiger partial charge in [-0.2, -0.15) is 0 Å². The van der Waals surface area contributed by atoms with Gasteiger partial charge in [0.15, 0.2) is 0 Å². The molecular weight excluding hydrogens is 801 g/mol. The number of esters is 1. The van der Waals surface area contributed by atoms with Crippen molar-refractivity contribution >= 4 is 34.6 Å². The first-order valence-corrected chi connectivity index (χ1v) is 22.4. The first kappa shape index (κ1) is 44.3. The van der Waals surface area contributed by atoms with Crippen LogP contribution < -0.4 is 10.7 Å². The molecule has 14 nitrogen and oxygen atoms in total. The maximum atomic E-state index is 14.7. The monoisotopic (exact) mass is 862 g/mol. The lowest BCUT2D eigenvalue weighted by Crippen LogP contribution is -2.63. The third kappa shape index (κ3) is 8.45. The number of methoxy groups -OCH3 is 1. The number of amides is 3. The number of pyridine rings is 1. The zero-order valence-electron chi connectivity index (χ0n) is 37.8. The molecule has 3 saturated heterocycles. The topological polar surface area (TPSA) is 165 Å². The van der Waals surface area contributed by atoms with Gasteiger partial charge in [-0.3, -0.25) is 29.2 Å². The molecule has 0 spiro atoms. The number of hydrazine groups is 1. The lowest BCUT2D eigenvalue weighted by Gasteiger charge is -2.41. The molecule has 0 unspecified atom stereocenters. The number of carbonyl (C=O) groups excluding carboxylic acids is 4. The van der Waals surface area contributed by atoms with Crippen molar-refractivity contribution in [1.82, 2.24) is 30.2 Å². The van der Waals surface area contributed by atoms with Gasteiger partial charge in [0.05, 0.1) is 30.7 Å². The third-order valence-corrected chi connectivity index (χ3v) is 13.5. The molecule has 5 aliphatic rings. The Morgan fingerprint density at radius 1 is 1.10 bits per heavy atom. The smallest absolute Gasteiger partial charge is 0.324 e. The summed E-state index contributed by atoms with van der Waals surface area (Å²) in [6.07, 6.45) is 4.36. The highest BCUT2D eigenvalue weighted by Gasteiger charge is 2.59. The first-order valence-electron chi connectivity index (χ1n) is 22.4. The Bertz CT molecular complexity index is 2410. The number of rotatable bonds is 9. The fourth-order valence-electron chi connectivity index (χ4n) is 10.3. The van der Waals surface area contributed by atoms with Gasteiger partial charge in [-0.25, -0.2) is 5.43 Å². The molecule has 2 aromatic carbocycles. The van der Waals surface area contributed by atoms with Crippen molar-refractivity contribution < 1.29 is 38.5 Å². The van der Waals surface area contributed by atoms with Crippen LogP contribution in [0, 0.1) is 17.3 Å². The molecule has 9 rings (SSSR count). The molecule has 63 heavy (non-hydrogen) atoms. The van der Waals surface area contributed by atoms with E-state index in [1.54, 1.807) is 32.5 Å². The molecular formula is C49H62N6O8. The number of hydrogen-bond acceptors (Lipinski definition) is 10. The number of hydrogen-bond donors (Lipinski definition) is 3. The standard InChI is InChI=1S/C49H62N6O8/c1-9-54-40-15-14-32-22-36(40)37(43(54)35-12-10-16-50-41(35)29(4)61-8)25-48(5,6)27-62-46(59)38-13-11-17-55(52-38)45(58)39(20-30-18-33(32)21-34(56)19-30)51-44(57)42(28(2)3)53(7)47(60)49-23-31(24-49)26-63-49/h10,12,14-16,18-19,21-22,28-29,31,38-39,42,52,56H,9,11,13,17,20,23-27H2,1-8H3,(H,51,57)/t29-,31?,38-,39-,42-,49?/m0/s1. The highest BCUT2D eigenvalue weighted by Crippen LogP contribution is 2.49. The van der Waals surface area contributed by atoms with Crippen LogP contribution in [0.2, 0.25) is 0 Å². The summed E-state index contributed by atoms with van der Waals surface area (Å²) in [5.74, 6) is -1.54. The van der Waals surface area contributed by atoms with Gasteiger partial charge in [-0.1, -0.05) is 39.8 Å². The average Bonchev–Trinajstić information content (AvgIpc) is 3.96. The van der Waals surface area contributed by atoms with E-state index in [1.807, 2.05) is 39.0 Å². The summed E-state index contributed by atoms with van der Waals surface area (Å²) < 4.78 is 20.1. The van der Waals surface area contributed by atoms with E-state index in [0.29, 0.717) is 63.3 Å². The third-order valence-electron chi connectivity index (χ3n) is 13.5. The minimum atomic E-state index is -1.12. The fraction of sp³-hybridized carbons (Fsp3) is 0.531. The van der Waals surface area contributed by atoms with Crippen molar-refractivity contribution in [2.45, 2.75) is 116 Å². The van der Waals surface area contributed by atoms with E-state index in [1.165, 1.54) is 9.91 Å². The molecule has 3 amide bonds. The molecule has 4 fully saturated rings. The van der Waals surface area contributed by atoms with Crippen molar-refractivity contribution in [3.8, 4) is 28.1 Å². The number of benzene rings is 2. The second-order valence-electron chi connectivity index (χ2n) is 19.2. The SMILES string of the molecule is CCn1c(-c2cccnc2[C@H](C)OC)c2c3cc(ccc31)-c1cc(O)cc(c1)C[C@H](NC(=O)[C@H](C(C)C)N(C)C(=O)C13CC(CO1)C3)C(=O)N1CCC[C@H](N1)C(=O)OCC(C)(C)C2. The molecule has 4 aliphatic heterocycles. The maximum Gasteiger partial charge on any atom is 0.324 e. The summed E-state index contributed by atoms with van der Waals surface area (Å²) >= 11 is 0.